The Bertz CT molecular complexity index is 784. The van der Waals surface area contributed by atoms with Crippen LogP contribution in [0.5, 0.6) is 0 Å². The van der Waals surface area contributed by atoms with E-state index in [1.54, 1.807) is 24.3 Å². The molecule has 1 aromatic heterocycles. The molecule has 1 aliphatic carbocycles. The second-order valence-electron chi connectivity index (χ2n) is 6.74. The van der Waals surface area contributed by atoms with Gasteiger partial charge in [0.05, 0.1) is 0 Å². The van der Waals surface area contributed by atoms with E-state index in [9.17, 15) is 9.59 Å². The molecule has 0 bridgehead atoms. The minimum Gasteiger partial charge on any atom is -0.466 e. The number of hydrogen-bond donors (Lipinski definition) is 3. The van der Waals surface area contributed by atoms with Crippen LogP contribution in [0.15, 0.2) is 40.8 Å². The van der Waals surface area contributed by atoms with Crippen molar-refractivity contribution in [3.05, 3.63) is 47.9 Å². The predicted octanol–water partition coefficient (Wildman–Crippen LogP) is 4.12. The summed E-state index contributed by atoms with van der Waals surface area (Å²) < 4.78 is 5.83. The molecule has 0 saturated heterocycles. The van der Waals surface area contributed by atoms with E-state index < -0.39 is 0 Å². The van der Waals surface area contributed by atoms with Crippen molar-refractivity contribution in [1.82, 2.24) is 5.32 Å². The van der Waals surface area contributed by atoms with Crippen molar-refractivity contribution in [2.45, 2.75) is 39.0 Å². The molecule has 138 valence electrons. The lowest BCUT2D eigenvalue weighted by molar-refractivity contribution is -0.116. The van der Waals surface area contributed by atoms with Gasteiger partial charge in [-0.2, -0.15) is 0 Å². The molecule has 0 aliphatic heterocycles. The first kappa shape index (κ1) is 18.0. The van der Waals surface area contributed by atoms with Crippen LogP contribution in [0.1, 0.15) is 44.1 Å². The van der Waals surface area contributed by atoms with Crippen LogP contribution in [0.4, 0.5) is 16.2 Å². The first-order valence-corrected chi connectivity index (χ1v) is 9.08. The van der Waals surface area contributed by atoms with Crippen LogP contribution in [0.2, 0.25) is 0 Å². The van der Waals surface area contributed by atoms with Gasteiger partial charge >= 0.3 is 6.03 Å². The second-order valence-corrected chi connectivity index (χ2v) is 6.74. The van der Waals surface area contributed by atoms with Crippen molar-refractivity contribution in [1.29, 1.82) is 0 Å². The number of carbonyl (C=O) groups excluding carboxylic acids is 2. The predicted molar refractivity (Wildman–Crippen MR) is 101 cm³/mol. The molecular weight excluding hydrogens is 330 g/mol. The van der Waals surface area contributed by atoms with E-state index in [0.717, 1.165) is 11.5 Å². The molecule has 6 nitrogen and oxygen atoms in total. The second kappa shape index (κ2) is 8.08. The highest BCUT2D eigenvalue weighted by molar-refractivity contribution is 5.93. The van der Waals surface area contributed by atoms with Crippen molar-refractivity contribution in [3.63, 3.8) is 0 Å². The number of hydrogen-bond acceptors (Lipinski definition) is 3. The minimum absolute atomic E-state index is 0.0853. The van der Waals surface area contributed by atoms with Crippen LogP contribution in [0.3, 0.4) is 0 Å². The highest BCUT2D eigenvalue weighted by Gasteiger charge is 2.36. The molecule has 1 fully saturated rings. The Morgan fingerprint density at radius 3 is 2.58 bits per heavy atom. The third-order valence-electron chi connectivity index (χ3n) is 4.50. The first-order chi connectivity index (χ1) is 12.5. The molecule has 1 aromatic carbocycles. The Kier molecular flexibility index (Phi) is 5.61. The summed E-state index contributed by atoms with van der Waals surface area (Å²) in [6.45, 7) is 4.62. The van der Waals surface area contributed by atoms with Gasteiger partial charge in [0.15, 0.2) is 0 Å². The number of benzene rings is 1. The average Bonchev–Trinajstić information content (AvgIpc) is 3.15. The van der Waals surface area contributed by atoms with Gasteiger partial charge < -0.3 is 20.4 Å². The summed E-state index contributed by atoms with van der Waals surface area (Å²) in [5, 5.41) is 8.24. The summed E-state index contributed by atoms with van der Waals surface area (Å²) >= 11 is 0. The van der Waals surface area contributed by atoms with Gasteiger partial charge in [-0.25, -0.2) is 4.79 Å². The number of amides is 3. The Balaban J connectivity index is 1.48. The van der Waals surface area contributed by atoms with Gasteiger partial charge in [-0.15, -0.1) is 0 Å². The number of rotatable bonds is 7. The molecule has 3 amide bonds. The Labute approximate surface area is 153 Å². The fourth-order valence-corrected chi connectivity index (χ4v) is 2.92. The fourth-order valence-electron chi connectivity index (χ4n) is 2.92. The normalized spacial score (nSPS) is 18.2. The molecule has 2 unspecified atom stereocenters. The maximum atomic E-state index is 12.2. The van der Waals surface area contributed by atoms with E-state index in [4.69, 9.17) is 4.42 Å². The van der Waals surface area contributed by atoms with E-state index in [-0.39, 0.29) is 11.9 Å². The molecule has 26 heavy (non-hydrogen) atoms. The lowest BCUT2D eigenvalue weighted by Gasteiger charge is -2.09. The van der Waals surface area contributed by atoms with E-state index in [0.29, 0.717) is 42.6 Å². The highest BCUT2D eigenvalue weighted by Crippen LogP contribution is 2.47. The van der Waals surface area contributed by atoms with Crippen LogP contribution in [-0.2, 0) is 11.2 Å². The maximum Gasteiger partial charge on any atom is 0.319 e. The zero-order chi connectivity index (χ0) is 18.5. The zero-order valence-electron chi connectivity index (χ0n) is 15.2. The lowest BCUT2D eigenvalue weighted by atomic mass is 10.2. The SMILES string of the molecule is CCNC(=O)Nc1cccc(NC(=O)CCc2ccc(C3CC3C)o2)c1. The van der Waals surface area contributed by atoms with Crippen LogP contribution >= 0.6 is 0 Å². The Morgan fingerprint density at radius 2 is 1.88 bits per heavy atom. The maximum absolute atomic E-state index is 12.2. The Morgan fingerprint density at radius 1 is 1.15 bits per heavy atom. The molecule has 0 spiro atoms. The van der Waals surface area contributed by atoms with E-state index in [1.807, 2.05) is 19.1 Å². The van der Waals surface area contributed by atoms with Crippen LogP contribution in [0.25, 0.3) is 0 Å². The number of urea groups is 1. The smallest absolute Gasteiger partial charge is 0.319 e. The first-order valence-electron chi connectivity index (χ1n) is 9.08. The number of furan rings is 1. The summed E-state index contributed by atoms with van der Waals surface area (Å²) in [4.78, 5) is 23.7. The zero-order valence-corrected chi connectivity index (χ0v) is 15.2. The highest BCUT2D eigenvalue weighted by atomic mass is 16.3. The van der Waals surface area contributed by atoms with Crippen LogP contribution < -0.4 is 16.0 Å². The summed E-state index contributed by atoms with van der Waals surface area (Å²) in [7, 11) is 0. The summed E-state index contributed by atoms with van der Waals surface area (Å²) in [6, 6.07) is 10.8. The number of nitrogens with one attached hydrogen (secondary N) is 3. The van der Waals surface area contributed by atoms with Gasteiger partial charge in [0.25, 0.3) is 0 Å². The van der Waals surface area contributed by atoms with Gasteiger partial charge in [0, 0.05) is 36.7 Å². The Hall–Kier alpha value is -2.76. The lowest BCUT2D eigenvalue weighted by Crippen LogP contribution is -2.28. The van der Waals surface area contributed by atoms with Gasteiger partial charge in [-0.1, -0.05) is 13.0 Å². The standard InChI is InChI=1S/C20H25N3O3/c1-3-21-20(25)23-15-6-4-5-14(12-15)22-19(24)10-8-16-7-9-18(26-16)17-11-13(17)2/h4-7,9,12-13,17H,3,8,10-11H2,1-2H3,(H,22,24)(H2,21,23,25). The van der Waals surface area contributed by atoms with E-state index >= 15 is 0 Å². The molecule has 0 radical (unpaired) electrons. The van der Waals surface area contributed by atoms with Gasteiger partial charge in [0.2, 0.25) is 5.91 Å². The number of anilines is 2. The van der Waals surface area contributed by atoms with E-state index in [2.05, 4.69) is 22.9 Å². The topological polar surface area (TPSA) is 83.4 Å². The number of carbonyl (C=O) groups is 2. The summed E-state index contributed by atoms with van der Waals surface area (Å²) in [5.41, 5.74) is 1.28. The van der Waals surface area contributed by atoms with Crippen molar-refractivity contribution in [2.75, 3.05) is 17.2 Å². The molecule has 1 saturated carbocycles. The van der Waals surface area contributed by atoms with Crippen molar-refractivity contribution < 1.29 is 14.0 Å². The molecule has 3 rings (SSSR count). The van der Waals surface area contributed by atoms with Crippen molar-refractivity contribution >= 4 is 23.3 Å². The molecular formula is C20H25N3O3. The molecule has 1 aliphatic rings. The largest absolute Gasteiger partial charge is 0.466 e. The fraction of sp³-hybridized carbons (Fsp3) is 0.400. The summed E-state index contributed by atoms with van der Waals surface area (Å²) in [6.07, 6.45) is 2.11. The van der Waals surface area contributed by atoms with Crippen LogP contribution in [-0.4, -0.2) is 18.5 Å². The van der Waals surface area contributed by atoms with E-state index in [1.165, 1.54) is 6.42 Å². The quantitative estimate of drug-likeness (QED) is 0.699. The molecule has 3 N–H and O–H groups in total. The van der Waals surface area contributed by atoms with Gasteiger partial charge in [-0.3, -0.25) is 4.79 Å². The summed E-state index contributed by atoms with van der Waals surface area (Å²) in [5.74, 6) is 3.06. The molecule has 2 atom stereocenters. The van der Waals surface area contributed by atoms with Gasteiger partial charge in [0.1, 0.15) is 11.5 Å². The molecule has 6 heteroatoms. The number of aryl methyl sites for hydroxylation is 1. The van der Waals surface area contributed by atoms with Crippen LogP contribution in [0, 0.1) is 5.92 Å². The van der Waals surface area contributed by atoms with Gasteiger partial charge in [-0.05, 0) is 49.6 Å². The van der Waals surface area contributed by atoms with Crippen molar-refractivity contribution in [3.8, 4) is 0 Å². The third-order valence-corrected chi connectivity index (χ3v) is 4.50. The van der Waals surface area contributed by atoms with Crippen molar-refractivity contribution in [2.24, 2.45) is 5.92 Å². The third kappa shape index (κ3) is 4.88. The monoisotopic (exact) mass is 355 g/mol. The molecule has 2 aromatic rings. The molecule has 1 heterocycles. The average molecular weight is 355 g/mol. The minimum atomic E-state index is -0.269.